The van der Waals surface area contributed by atoms with E-state index in [-0.39, 0.29) is 11.5 Å². The number of rotatable bonds is 4. The van der Waals surface area contributed by atoms with Gasteiger partial charge in [-0.2, -0.15) is 0 Å². The van der Waals surface area contributed by atoms with Crippen molar-refractivity contribution >= 4 is 11.9 Å². The van der Waals surface area contributed by atoms with E-state index in [4.69, 9.17) is 5.11 Å². The molecule has 114 valence electrons. The van der Waals surface area contributed by atoms with E-state index in [2.05, 4.69) is 13.8 Å². The average molecular weight is 289 g/mol. The molecule has 1 fully saturated rings. The zero-order valence-electron chi connectivity index (χ0n) is 12.9. The standard InChI is InChI=1S/C17H23NO3/c1-11(2)6-13-4-5-18(10-13)16(19)14-7-12(3)8-15(9-14)17(20)21/h7-9,11,13H,4-6,10H2,1-3H3,(H,20,21). The molecule has 4 heteroatoms. The van der Waals surface area contributed by atoms with Gasteiger partial charge < -0.3 is 10.0 Å². The molecule has 1 aromatic carbocycles. The minimum Gasteiger partial charge on any atom is -0.478 e. The first-order valence-corrected chi connectivity index (χ1v) is 7.51. The molecule has 0 saturated carbocycles. The Balaban J connectivity index is 2.12. The normalized spacial score (nSPS) is 18.3. The van der Waals surface area contributed by atoms with Gasteiger partial charge in [0.05, 0.1) is 5.56 Å². The number of carboxylic acid groups (broad SMARTS) is 1. The summed E-state index contributed by atoms with van der Waals surface area (Å²) in [4.78, 5) is 25.5. The lowest BCUT2D eigenvalue weighted by molar-refractivity contribution is 0.0696. The van der Waals surface area contributed by atoms with E-state index < -0.39 is 5.97 Å². The number of carbonyl (C=O) groups excluding carboxylic acids is 1. The Labute approximate surface area is 125 Å². The Morgan fingerprint density at radius 2 is 1.95 bits per heavy atom. The number of carbonyl (C=O) groups is 2. The number of benzene rings is 1. The van der Waals surface area contributed by atoms with E-state index >= 15 is 0 Å². The molecule has 1 heterocycles. The van der Waals surface area contributed by atoms with Gasteiger partial charge in [-0.1, -0.05) is 13.8 Å². The van der Waals surface area contributed by atoms with Crippen LogP contribution in [0.4, 0.5) is 0 Å². The first-order valence-electron chi connectivity index (χ1n) is 7.51. The van der Waals surface area contributed by atoms with Crippen molar-refractivity contribution in [2.45, 2.75) is 33.6 Å². The highest BCUT2D eigenvalue weighted by atomic mass is 16.4. The Kier molecular flexibility index (Phi) is 4.66. The van der Waals surface area contributed by atoms with Crippen LogP contribution < -0.4 is 0 Å². The number of hydrogen-bond donors (Lipinski definition) is 1. The van der Waals surface area contributed by atoms with Crippen LogP contribution in [0, 0.1) is 18.8 Å². The molecule has 1 unspecified atom stereocenters. The summed E-state index contributed by atoms with van der Waals surface area (Å²) in [7, 11) is 0. The molecule has 1 saturated heterocycles. The van der Waals surface area contributed by atoms with Crippen molar-refractivity contribution in [2.24, 2.45) is 11.8 Å². The number of aromatic carboxylic acids is 1. The molecule has 1 amide bonds. The van der Waals surface area contributed by atoms with Gasteiger partial charge in [0.25, 0.3) is 5.91 Å². The maximum absolute atomic E-state index is 12.5. The van der Waals surface area contributed by atoms with Gasteiger partial charge in [0.1, 0.15) is 0 Å². The van der Waals surface area contributed by atoms with Crippen molar-refractivity contribution in [3.8, 4) is 0 Å². The van der Waals surface area contributed by atoms with Crippen LogP contribution in [0.25, 0.3) is 0 Å². The molecule has 0 aromatic heterocycles. The third-order valence-electron chi connectivity index (χ3n) is 3.95. The summed E-state index contributed by atoms with van der Waals surface area (Å²) in [6, 6.07) is 4.84. The molecule has 1 N–H and O–H groups in total. The van der Waals surface area contributed by atoms with E-state index in [0.717, 1.165) is 31.5 Å². The van der Waals surface area contributed by atoms with Gasteiger partial charge in [-0.05, 0) is 55.4 Å². The number of carboxylic acids is 1. The minimum atomic E-state index is -0.994. The first kappa shape index (κ1) is 15.5. The second-order valence-electron chi connectivity index (χ2n) is 6.43. The third-order valence-corrected chi connectivity index (χ3v) is 3.95. The van der Waals surface area contributed by atoms with Gasteiger partial charge in [-0.15, -0.1) is 0 Å². The van der Waals surface area contributed by atoms with Crippen molar-refractivity contribution in [2.75, 3.05) is 13.1 Å². The number of nitrogens with zero attached hydrogens (tertiary/aromatic N) is 1. The summed E-state index contributed by atoms with van der Waals surface area (Å²) in [6.45, 7) is 7.77. The van der Waals surface area contributed by atoms with Gasteiger partial charge in [0.2, 0.25) is 0 Å². The summed E-state index contributed by atoms with van der Waals surface area (Å²) >= 11 is 0. The largest absolute Gasteiger partial charge is 0.478 e. The number of likely N-dealkylation sites (tertiary alicyclic amines) is 1. The Bertz CT molecular complexity index is 551. The molecule has 21 heavy (non-hydrogen) atoms. The molecule has 1 aliphatic heterocycles. The van der Waals surface area contributed by atoms with Gasteiger partial charge in [-0.3, -0.25) is 4.79 Å². The average Bonchev–Trinajstić information content (AvgIpc) is 2.84. The van der Waals surface area contributed by atoms with Crippen molar-refractivity contribution in [1.82, 2.24) is 4.90 Å². The van der Waals surface area contributed by atoms with Gasteiger partial charge in [-0.25, -0.2) is 4.79 Å². The second-order valence-corrected chi connectivity index (χ2v) is 6.43. The smallest absolute Gasteiger partial charge is 0.335 e. The number of aryl methyl sites for hydroxylation is 1. The third kappa shape index (κ3) is 3.84. The summed E-state index contributed by atoms with van der Waals surface area (Å²) in [5.74, 6) is 0.166. The molecular weight excluding hydrogens is 266 g/mol. The summed E-state index contributed by atoms with van der Waals surface area (Å²) in [6.07, 6.45) is 2.18. The quantitative estimate of drug-likeness (QED) is 0.926. The maximum Gasteiger partial charge on any atom is 0.335 e. The fourth-order valence-electron chi connectivity index (χ4n) is 3.09. The topological polar surface area (TPSA) is 57.6 Å². The minimum absolute atomic E-state index is 0.0487. The molecule has 1 aromatic rings. The molecule has 4 nitrogen and oxygen atoms in total. The maximum atomic E-state index is 12.5. The molecular formula is C17H23NO3. The van der Waals surface area contributed by atoms with Crippen LogP contribution in [-0.2, 0) is 0 Å². The predicted molar refractivity (Wildman–Crippen MR) is 81.6 cm³/mol. The van der Waals surface area contributed by atoms with Crippen LogP contribution in [0.1, 0.15) is 53.0 Å². The van der Waals surface area contributed by atoms with E-state index in [1.54, 1.807) is 12.1 Å². The van der Waals surface area contributed by atoms with E-state index in [1.807, 2.05) is 11.8 Å². The van der Waals surface area contributed by atoms with Crippen LogP contribution in [0.5, 0.6) is 0 Å². The molecule has 0 aliphatic carbocycles. The SMILES string of the molecule is Cc1cc(C(=O)O)cc(C(=O)N2CCC(CC(C)C)C2)c1. The Morgan fingerprint density at radius 1 is 1.29 bits per heavy atom. The van der Waals surface area contributed by atoms with E-state index in [9.17, 15) is 9.59 Å². The zero-order valence-corrected chi connectivity index (χ0v) is 12.9. The van der Waals surface area contributed by atoms with E-state index in [1.165, 1.54) is 6.07 Å². The van der Waals surface area contributed by atoms with Crippen molar-refractivity contribution < 1.29 is 14.7 Å². The molecule has 1 atom stereocenters. The molecule has 1 aliphatic rings. The van der Waals surface area contributed by atoms with E-state index in [0.29, 0.717) is 17.4 Å². The summed E-state index contributed by atoms with van der Waals surface area (Å²) < 4.78 is 0. The summed E-state index contributed by atoms with van der Waals surface area (Å²) in [5.41, 5.74) is 1.46. The van der Waals surface area contributed by atoms with Crippen LogP contribution in [0.15, 0.2) is 18.2 Å². The van der Waals surface area contributed by atoms with Gasteiger partial charge in [0.15, 0.2) is 0 Å². The lowest BCUT2D eigenvalue weighted by Crippen LogP contribution is -2.29. The van der Waals surface area contributed by atoms with Crippen molar-refractivity contribution in [1.29, 1.82) is 0 Å². The fourth-order valence-corrected chi connectivity index (χ4v) is 3.09. The van der Waals surface area contributed by atoms with Gasteiger partial charge in [0, 0.05) is 18.7 Å². The van der Waals surface area contributed by atoms with Crippen LogP contribution in [-0.4, -0.2) is 35.0 Å². The Morgan fingerprint density at radius 3 is 2.57 bits per heavy atom. The van der Waals surface area contributed by atoms with Crippen LogP contribution in [0.2, 0.25) is 0 Å². The highest BCUT2D eigenvalue weighted by Crippen LogP contribution is 2.25. The van der Waals surface area contributed by atoms with Crippen LogP contribution in [0.3, 0.4) is 0 Å². The predicted octanol–water partition coefficient (Wildman–Crippen LogP) is 3.20. The second kappa shape index (κ2) is 6.29. The Hall–Kier alpha value is -1.84. The molecule has 2 rings (SSSR count). The molecule has 0 radical (unpaired) electrons. The number of hydrogen-bond acceptors (Lipinski definition) is 2. The van der Waals surface area contributed by atoms with Crippen molar-refractivity contribution in [3.63, 3.8) is 0 Å². The van der Waals surface area contributed by atoms with Crippen LogP contribution >= 0.6 is 0 Å². The molecule has 0 spiro atoms. The lowest BCUT2D eigenvalue weighted by Gasteiger charge is -2.18. The molecule has 0 bridgehead atoms. The summed E-state index contributed by atoms with van der Waals surface area (Å²) in [5, 5.41) is 9.10. The number of amides is 1. The highest BCUT2D eigenvalue weighted by Gasteiger charge is 2.27. The first-order chi connectivity index (χ1) is 9.86. The monoisotopic (exact) mass is 289 g/mol. The van der Waals surface area contributed by atoms with Gasteiger partial charge >= 0.3 is 5.97 Å². The zero-order chi connectivity index (χ0) is 15.6. The lowest BCUT2D eigenvalue weighted by atomic mass is 9.97. The highest BCUT2D eigenvalue weighted by molar-refractivity contribution is 5.98. The van der Waals surface area contributed by atoms with Crippen molar-refractivity contribution in [3.05, 3.63) is 34.9 Å². The fraction of sp³-hybridized carbons (Fsp3) is 0.529.